The summed E-state index contributed by atoms with van der Waals surface area (Å²) >= 11 is 0. The second-order valence-electron chi connectivity index (χ2n) is 10.2. The van der Waals surface area contributed by atoms with Gasteiger partial charge in [-0.05, 0) is 34.1 Å². The number of benzene rings is 2. The van der Waals surface area contributed by atoms with E-state index in [0.717, 1.165) is 22.3 Å². The van der Waals surface area contributed by atoms with Crippen molar-refractivity contribution in [2.24, 2.45) is 11.3 Å². The molecule has 3 N–H and O–H groups in total. The molecule has 2 aromatic rings. The molecule has 1 aliphatic heterocycles. The van der Waals surface area contributed by atoms with Gasteiger partial charge in [0.15, 0.2) is 6.10 Å². The van der Waals surface area contributed by atoms with Crippen LogP contribution in [0.15, 0.2) is 48.5 Å². The highest BCUT2D eigenvalue weighted by atomic mass is 16.5. The number of nitrogens with one attached hydrogen (secondary N) is 2. The predicted molar refractivity (Wildman–Crippen MR) is 130 cm³/mol. The summed E-state index contributed by atoms with van der Waals surface area (Å²) in [4.78, 5) is 37.1. The van der Waals surface area contributed by atoms with Gasteiger partial charge in [-0.1, -0.05) is 69.3 Å². The number of amides is 2. The SMILES string of the molecule is CC(C)(C)[C@@H](NC(=O)OCC1c2ccccc2-c2ccccc21)C(=O)NC[C@H]1CCO[C@H]1C(=O)O. The number of aliphatic carboxylic acids is 1. The maximum absolute atomic E-state index is 13.0. The largest absolute Gasteiger partial charge is 0.479 e. The van der Waals surface area contributed by atoms with E-state index in [9.17, 15) is 19.5 Å². The second-order valence-corrected chi connectivity index (χ2v) is 10.2. The van der Waals surface area contributed by atoms with Gasteiger partial charge in [0.2, 0.25) is 5.91 Å². The molecule has 2 amide bonds. The molecule has 0 radical (unpaired) electrons. The van der Waals surface area contributed by atoms with Crippen molar-refractivity contribution in [3.8, 4) is 11.1 Å². The molecule has 8 nitrogen and oxygen atoms in total. The van der Waals surface area contributed by atoms with Crippen molar-refractivity contribution in [3.05, 3.63) is 59.7 Å². The van der Waals surface area contributed by atoms with E-state index < -0.39 is 29.6 Å². The van der Waals surface area contributed by atoms with Crippen LogP contribution in [-0.4, -0.2) is 55.0 Å². The van der Waals surface area contributed by atoms with Crippen LogP contribution in [0.25, 0.3) is 11.1 Å². The molecule has 1 saturated heterocycles. The van der Waals surface area contributed by atoms with Gasteiger partial charge in [0.1, 0.15) is 12.6 Å². The number of rotatable bonds is 7. The summed E-state index contributed by atoms with van der Waals surface area (Å²) in [7, 11) is 0. The highest BCUT2D eigenvalue weighted by Gasteiger charge is 2.37. The Kier molecular flexibility index (Phi) is 7.12. The van der Waals surface area contributed by atoms with Gasteiger partial charge in [0.05, 0.1) is 0 Å². The first kappa shape index (κ1) is 24.7. The van der Waals surface area contributed by atoms with Crippen molar-refractivity contribution in [3.63, 3.8) is 0 Å². The topological polar surface area (TPSA) is 114 Å². The Morgan fingerprint density at radius 2 is 1.66 bits per heavy atom. The lowest BCUT2D eigenvalue weighted by Crippen LogP contribution is -2.54. The molecule has 3 atom stereocenters. The molecule has 2 aromatic carbocycles. The van der Waals surface area contributed by atoms with E-state index in [2.05, 4.69) is 22.8 Å². The molecule has 1 heterocycles. The molecule has 4 rings (SSSR count). The summed E-state index contributed by atoms with van der Waals surface area (Å²) in [5.41, 5.74) is 3.91. The summed E-state index contributed by atoms with van der Waals surface area (Å²) in [5.74, 6) is -1.81. The number of carboxylic acids is 1. The minimum Gasteiger partial charge on any atom is -0.479 e. The predicted octanol–water partition coefficient (Wildman–Crippen LogP) is 3.55. The molecule has 0 unspecified atom stereocenters. The fraction of sp³-hybridized carbons (Fsp3) is 0.444. The van der Waals surface area contributed by atoms with Gasteiger partial charge in [-0.2, -0.15) is 0 Å². The zero-order chi connectivity index (χ0) is 25.2. The van der Waals surface area contributed by atoms with Gasteiger partial charge in [-0.25, -0.2) is 9.59 Å². The van der Waals surface area contributed by atoms with Crippen LogP contribution < -0.4 is 10.6 Å². The van der Waals surface area contributed by atoms with Crippen LogP contribution in [0, 0.1) is 11.3 Å². The highest BCUT2D eigenvalue weighted by molar-refractivity contribution is 5.86. The molecule has 186 valence electrons. The van der Waals surface area contributed by atoms with Gasteiger partial charge in [0, 0.05) is 25.0 Å². The molecule has 0 spiro atoms. The number of carboxylic acid groups (broad SMARTS) is 1. The number of hydrogen-bond donors (Lipinski definition) is 3. The molecule has 0 bridgehead atoms. The quantitative estimate of drug-likeness (QED) is 0.559. The van der Waals surface area contributed by atoms with E-state index in [4.69, 9.17) is 9.47 Å². The number of ether oxygens (including phenoxy) is 2. The van der Waals surface area contributed by atoms with Crippen LogP contribution >= 0.6 is 0 Å². The summed E-state index contributed by atoms with van der Waals surface area (Å²) in [6, 6.07) is 15.3. The highest BCUT2D eigenvalue weighted by Crippen LogP contribution is 2.44. The Hall–Kier alpha value is -3.39. The maximum Gasteiger partial charge on any atom is 0.407 e. The second kappa shape index (κ2) is 10.1. The van der Waals surface area contributed by atoms with Gasteiger partial charge >= 0.3 is 12.1 Å². The minimum absolute atomic E-state index is 0.0784. The van der Waals surface area contributed by atoms with E-state index in [-0.39, 0.29) is 30.9 Å². The van der Waals surface area contributed by atoms with E-state index in [1.165, 1.54) is 0 Å². The Labute approximate surface area is 205 Å². The van der Waals surface area contributed by atoms with E-state index in [1.807, 2.05) is 57.2 Å². The average molecular weight is 481 g/mol. The fourth-order valence-electron chi connectivity index (χ4n) is 4.88. The first-order valence-electron chi connectivity index (χ1n) is 11.9. The van der Waals surface area contributed by atoms with Crippen LogP contribution in [0.3, 0.4) is 0 Å². The molecule has 1 fully saturated rings. The van der Waals surface area contributed by atoms with Crippen molar-refractivity contribution >= 4 is 18.0 Å². The maximum atomic E-state index is 13.0. The monoisotopic (exact) mass is 480 g/mol. The molecule has 1 aliphatic carbocycles. The third-order valence-electron chi connectivity index (χ3n) is 6.73. The molecule has 0 saturated carbocycles. The Morgan fingerprint density at radius 3 is 2.23 bits per heavy atom. The molecular formula is C27H32N2O6. The Bertz CT molecular complexity index is 1060. The number of fused-ring (bicyclic) bond motifs is 3. The van der Waals surface area contributed by atoms with E-state index >= 15 is 0 Å². The number of carbonyl (C=O) groups is 3. The van der Waals surface area contributed by atoms with Crippen molar-refractivity contribution in [2.45, 2.75) is 45.3 Å². The normalized spacial score (nSPS) is 20.0. The van der Waals surface area contributed by atoms with Crippen molar-refractivity contribution < 1.29 is 29.0 Å². The smallest absolute Gasteiger partial charge is 0.407 e. The Morgan fingerprint density at radius 1 is 1.06 bits per heavy atom. The lowest BCUT2D eigenvalue weighted by molar-refractivity contribution is -0.149. The van der Waals surface area contributed by atoms with E-state index in [0.29, 0.717) is 13.0 Å². The molecular weight excluding hydrogens is 448 g/mol. The first-order valence-corrected chi connectivity index (χ1v) is 11.9. The summed E-state index contributed by atoms with van der Waals surface area (Å²) in [5, 5.41) is 14.8. The van der Waals surface area contributed by atoms with Gasteiger partial charge < -0.3 is 25.2 Å². The van der Waals surface area contributed by atoms with Crippen LogP contribution in [0.4, 0.5) is 4.79 Å². The third kappa shape index (κ3) is 5.32. The minimum atomic E-state index is -1.04. The van der Waals surface area contributed by atoms with Gasteiger partial charge in [0.25, 0.3) is 0 Å². The van der Waals surface area contributed by atoms with Crippen molar-refractivity contribution in [1.29, 1.82) is 0 Å². The van der Waals surface area contributed by atoms with Crippen LogP contribution in [0.2, 0.25) is 0 Å². The third-order valence-corrected chi connectivity index (χ3v) is 6.73. The van der Waals surface area contributed by atoms with Crippen molar-refractivity contribution in [2.75, 3.05) is 19.8 Å². The standard InChI is InChI=1S/C27H32N2O6/c1-27(2,3)23(24(30)28-14-16-12-13-34-22(16)25(31)32)29-26(33)35-15-21-19-10-6-4-8-17(19)18-9-5-7-11-20(18)21/h4-11,16,21-23H,12-15H2,1-3H3,(H,28,30)(H,29,33)(H,31,32)/t16-,22-,23+/m1/s1. The first-order chi connectivity index (χ1) is 16.7. The van der Waals surface area contributed by atoms with Crippen LogP contribution in [0.5, 0.6) is 0 Å². The van der Waals surface area contributed by atoms with Crippen LogP contribution in [-0.2, 0) is 19.1 Å². The zero-order valence-electron chi connectivity index (χ0n) is 20.2. The molecule has 8 heteroatoms. The van der Waals surface area contributed by atoms with E-state index in [1.54, 1.807) is 0 Å². The zero-order valence-corrected chi connectivity index (χ0v) is 20.2. The van der Waals surface area contributed by atoms with Gasteiger partial charge in [-0.15, -0.1) is 0 Å². The summed E-state index contributed by atoms with van der Waals surface area (Å²) in [6.07, 6.45) is -1.05. The fourth-order valence-corrected chi connectivity index (χ4v) is 4.88. The molecule has 2 aliphatic rings. The molecule has 35 heavy (non-hydrogen) atoms. The lowest BCUT2D eigenvalue weighted by atomic mass is 9.86. The summed E-state index contributed by atoms with van der Waals surface area (Å²) in [6.45, 7) is 6.20. The number of hydrogen-bond acceptors (Lipinski definition) is 5. The van der Waals surface area contributed by atoms with Crippen LogP contribution in [0.1, 0.15) is 44.2 Å². The van der Waals surface area contributed by atoms with Crippen molar-refractivity contribution in [1.82, 2.24) is 10.6 Å². The lowest BCUT2D eigenvalue weighted by Gasteiger charge is -2.30. The number of carbonyl (C=O) groups excluding carboxylic acids is 2. The Balaban J connectivity index is 1.38. The molecule has 0 aromatic heterocycles. The number of alkyl carbamates (subject to hydrolysis) is 1. The average Bonchev–Trinajstić information content (AvgIpc) is 3.42. The summed E-state index contributed by atoms with van der Waals surface area (Å²) < 4.78 is 10.9. The van der Waals surface area contributed by atoms with Gasteiger partial charge in [-0.3, -0.25) is 4.79 Å².